The summed E-state index contributed by atoms with van der Waals surface area (Å²) in [5, 5.41) is 11.1. The summed E-state index contributed by atoms with van der Waals surface area (Å²) in [5.74, 6) is 0. The molecular formula is C16H17ClO. The van der Waals surface area contributed by atoms with Crippen LogP contribution < -0.4 is 0 Å². The molecule has 94 valence electrons. The first-order valence-electron chi connectivity index (χ1n) is 6.07. The van der Waals surface area contributed by atoms with E-state index in [1.807, 2.05) is 56.3 Å². The second-order valence-corrected chi connectivity index (χ2v) is 5.02. The average molecular weight is 261 g/mol. The fraction of sp³-hybridized carbons (Fsp3) is 0.250. The maximum Gasteiger partial charge on any atom is 0.0836 e. The van der Waals surface area contributed by atoms with Gasteiger partial charge in [0.25, 0.3) is 0 Å². The highest BCUT2D eigenvalue weighted by Gasteiger charge is 2.14. The van der Waals surface area contributed by atoms with Gasteiger partial charge in [0.05, 0.1) is 6.10 Å². The van der Waals surface area contributed by atoms with Crippen LogP contribution in [0.15, 0.2) is 42.5 Å². The minimum Gasteiger partial charge on any atom is -0.388 e. The van der Waals surface area contributed by atoms with E-state index in [-0.39, 0.29) is 0 Å². The van der Waals surface area contributed by atoms with E-state index in [1.54, 1.807) is 0 Å². The summed E-state index contributed by atoms with van der Waals surface area (Å²) < 4.78 is 0. The van der Waals surface area contributed by atoms with Crippen molar-refractivity contribution in [2.75, 3.05) is 0 Å². The summed E-state index contributed by atoms with van der Waals surface area (Å²) >= 11 is 6.12. The lowest BCUT2D eigenvalue weighted by molar-refractivity contribution is 0.177. The van der Waals surface area contributed by atoms with Crippen LogP contribution in [0.4, 0.5) is 0 Å². The SMILES string of the molecule is Cc1cccc(C)c1C(O)Cc1ccccc1Cl. The molecule has 2 rings (SSSR count). The number of rotatable bonds is 3. The molecule has 2 heteroatoms. The molecule has 0 saturated carbocycles. The molecule has 0 heterocycles. The summed E-state index contributed by atoms with van der Waals surface area (Å²) in [4.78, 5) is 0. The van der Waals surface area contributed by atoms with E-state index < -0.39 is 6.10 Å². The zero-order valence-electron chi connectivity index (χ0n) is 10.7. The smallest absolute Gasteiger partial charge is 0.0836 e. The predicted molar refractivity (Wildman–Crippen MR) is 76.0 cm³/mol. The second-order valence-electron chi connectivity index (χ2n) is 4.62. The third kappa shape index (κ3) is 2.74. The number of hydrogen-bond donors (Lipinski definition) is 1. The minimum atomic E-state index is -0.508. The molecule has 0 aliphatic rings. The zero-order valence-corrected chi connectivity index (χ0v) is 11.4. The number of hydrogen-bond acceptors (Lipinski definition) is 1. The molecule has 18 heavy (non-hydrogen) atoms. The Morgan fingerprint density at radius 3 is 2.22 bits per heavy atom. The predicted octanol–water partition coefficient (Wildman–Crippen LogP) is 4.23. The van der Waals surface area contributed by atoms with Gasteiger partial charge in [-0.1, -0.05) is 48.0 Å². The lowest BCUT2D eigenvalue weighted by Gasteiger charge is -2.17. The second kappa shape index (κ2) is 5.55. The van der Waals surface area contributed by atoms with Gasteiger partial charge >= 0.3 is 0 Å². The molecule has 0 radical (unpaired) electrons. The first kappa shape index (κ1) is 13.1. The van der Waals surface area contributed by atoms with Gasteiger partial charge in [0.1, 0.15) is 0 Å². The van der Waals surface area contributed by atoms with Gasteiger partial charge in [-0.3, -0.25) is 0 Å². The molecule has 0 saturated heterocycles. The van der Waals surface area contributed by atoms with Gasteiger partial charge in [-0.2, -0.15) is 0 Å². The van der Waals surface area contributed by atoms with Crippen molar-refractivity contribution < 1.29 is 5.11 Å². The Hall–Kier alpha value is -1.31. The lowest BCUT2D eigenvalue weighted by Crippen LogP contribution is -2.06. The molecule has 0 aliphatic carbocycles. The normalized spacial score (nSPS) is 12.4. The summed E-state index contributed by atoms with van der Waals surface area (Å²) in [7, 11) is 0. The highest BCUT2D eigenvalue weighted by Crippen LogP contribution is 2.27. The van der Waals surface area contributed by atoms with Crippen molar-refractivity contribution >= 4 is 11.6 Å². The number of halogens is 1. The van der Waals surface area contributed by atoms with Crippen molar-refractivity contribution in [2.24, 2.45) is 0 Å². The summed E-state index contributed by atoms with van der Waals surface area (Å²) in [6.07, 6.45) is 0.0387. The molecule has 0 spiro atoms. The molecule has 0 aliphatic heterocycles. The molecule has 0 amide bonds. The largest absolute Gasteiger partial charge is 0.388 e. The number of aryl methyl sites for hydroxylation is 2. The molecule has 1 atom stereocenters. The molecule has 0 bridgehead atoms. The number of aliphatic hydroxyl groups is 1. The van der Waals surface area contributed by atoms with Crippen LogP contribution >= 0.6 is 11.6 Å². The van der Waals surface area contributed by atoms with E-state index in [2.05, 4.69) is 0 Å². The Labute approximate surface area is 113 Å². The van der Waals surface area contributed by atoms with E-state index >= 15 is 0 Å². The lowest BCUT2D eigenvalue weighted by atomic mass is 9.94. The highest BCUT2D eigenvalue weighted by molar-refractivity contribution is 6.31. The Kier molecular flexibility index (Phi) is 4.05. The van der Waals surface area contributed by atoms with E-state index in [0.717, 1.165) is 22.3 Å². The van der Waals surface area contributed by atoms with Crippen LogP contribution in [0.1, 0.15) is 28.4 Å². The molecule has 1 N–H and O–H groups in total. The van der Waals surface area contributed by atoms with Crippen molar-refractivity contribution in [1.29, 1.82) is 0 Å². The van der Waals surface area contributed by atoms with Gasteiger partial charge in [0.2, 0.25) is 0 Å². The van der Waals surface area contributed by atoms with E-state index in [0.29, 0.717) is 11.4 Å². The van der Waals surface area contributed by atoms with Gasteiger partial charge in [-0.15, -0.1) is 0 Å². The molecule has 1 nitrogen and oxygen atoms in total. The van der Waals surface area contributed by atoms with Gasteiger partial charge in [0.15, 0.2) is 0 Å². The summed E-state index contributed by atoms with van der Waals surface area (Å²) in [5.41, 5.74) is 4.23. The van der Waals surface area contributed by atoms with Gasteiger partial charge in [0, 0.05) is 11.4 Å². The maximum absolute atomic E-state index is 10.4. The zero-order chi connectivity index (χ0) is 13.1. The first-order chi connectivity index (χ1) is 8.59. The fourth-order valence-corrected chi connectivity index (χ4v) is 2.54. The topological polar surface area (TPSA) is 20.2 Å². The van der Waals surface area contributed by atoms with Gasteiger partial charge < -0.3 is 5.11 Å². The van der Waals surface area contributed by atoms with E-state index in [1.165, 1.54) is 0 Å². The average Bonchev–Trinajstić information content (AvgIpc) is 2.32. The van der Waals surface area contributed by atoms with Gasteiger partial charge in [-0.05, 0) is 42.2 Å². The third-order valence-electron chi connectivity index (χ3n) is 3.25. The molecule has 1 unspecified atom stereocenters. The molecule has 2 aromatic rings. The van der Waals surface area contributed by atoms with Gasteiger partial charge in [-0.25, -0.2) is 0 Å². The van der Waals surface area contributed by atoms with Crippen molar-refractivity contribution in [1.82, 2.24) is 0 Å². The summed E-state index contributed by atoms with van der Waals surface area (Å²) in [6.45, 7) is 4.05. The first-order valence-corrected chi connectivity index (χ1v) is 6.45. The number of benzene rings is 2. The standard InChI is InChI=1S/C16H17ClO/c1-11-6-5-7-12(2)16(11)15(18)10-13-8-3-4-9-14(13)17/h3-9,15,18H,10H2,1-2H3. The van der Waals surface area contributed by atoms with Crippen molar-refractivity contribution in [3.8, 4) is 0 Å². The van der Waals surface area contributed by atoms with Crippen LogP contribution in [-0.4, -0.2) is 5.11 Å². The van der Waals surface area contributed by atoms with Crippen LogP contribution in [0.3, 0.4) is 0 Å². The quantitative estimate of drug-likeness (QED) is 0.876. The van der Waals surface area contributed by atoms with Crippen LogP contribution in [0.25, 0.3) is 0 Å². The fourth-order valence-electron chi connectivity index (χ4n) is 2.33. The van der Waals surface area contributed by atoms with Crippen LogP contribution in [-0.2, 0) is 6.42 Å². The third-order valence-corrected chi connectivity index (χ3v) is 3.62. The molecule has 0 fully saturated rings. The van der Waals surface area contributed by atoms with E-state index in [4.69, 9.17) is 11.6 Å². The Morgan fingerprint density at radius 1 is 1.00 bits per heavy atom. The van der Waals surface area contributed by atoms with Crippen molar-refractivity contribution in [3.05, 3.63) is 69.7 Å². The Morgan fingerprint density at radius 2 is 1.61 bits per heavy atom. The van der Waals surface area contributed by atoms with Crippen molar-refractivity contribution in [2.45, 2.75) is 26.4 Å². The van der Waals surface area contributed by atoms with Crippen LogP contribution in [0, 0.1) is 13.8 Å². The summed E-state index contributed by atoms with van der Waals surface area (Å²) in [6, 6.07) is 13.7. The molecule has 0 aromatic heterocycles. The molecule has 2 aromatic carbocycles. The number of aliphatic hydroxyl groups excluding tert-OH is 1. The molecular weight excluding hydrogens is 244 g/mol. The minimum absolute atomic E-state index is 0.508. The Balaban J connectivity index is 2.28. The van der Waals surface area contributed by atoms with Crippen molar-refractivity contribution in [3.63, 3.8) is 0 Å². The Bertz CT molecular complexity index is 528. The monoisotopic (exact) mass is 260 g/mol. The highest BCUT2D eigenvalue weighted by atomic mass is 35.5. The van der Waals surface area contributed by atoms with E-state index in [9.17, 15) is 5.11 Å². The van der Waals surface area contributed by atoms with Crippen LogP contribution in [0.5, 0.6) is 0 Å². The van der Waals surface area contributed by atoms with Crippen LogP contribution in [0.2, 0.25) is 5.02 Å². The maximum atomic E-state index is 10.4.